The summed E-state index contributed by atoms with van der Waals surface area (Å²) in [7, 11) is 3.99. The SMILES string of the molecule is CN1CCN(C)Cc2cc(Br)cc(c2[O-])C=NCCN=Cc2cc(Br)cc(c2[O-])C1. The van der Waals surface area contributed by atoms with E-state index in [2.05, 4.69) is 51.6 Å². The average molecular weight is 536 g/mol. The van der Waals surface area contributed by atoms with Gasteiger partial charge in [-0.25, -0.2) is 0 Å². The van der Waals surface area contributed by atoms with E-state index in [0.717, 1.165) is 33.2 Å². The number of halogens is 2. The van der Waals surface area contributed by atoms with Gasteiger partial charge in [-0.1, -0.05) is 43.4 Å². The van der Waals surface area contributed by atoms with Gasteiger partial charge in [0, 0.05) is 47.6 Å². The first-order valence-corrected chi connectivity index (χ1v) is 11.3. The second kappa shape index (κ2) is 10.5. The standard InChI is InChI=1S/C22H26Br2N4O2/c1-27-5-6-28(2)14-18-10-20(24)8-16(22(18)30)12-26-4-3-25-11-15-7-19(23)9-17(13-27)21(15)29/h7-12,29-30H,3-6,13-14H2,1-2H3/p-2. The molecule has 0 radical (unpaired) electrons. The minimum atomic E-state index is 0.00241. The lowest BCUT2D eigenvalue weighted by atomic mass is 10.1. The van der Waals surface area contributed by atoms with Gasteiger partial charge in [-0.15, -0.1) is 0 Å². The lowest BCUT2D eigenvalue weighted by Crippen LogP contribution is -2.31. The molecule has 0 aromatic heterocycles. The molecule has 3 rings (SSSR count). The highest BCUT2D eigenvalue weighted by atomic mass is 79.9. The Morgan fingerprint density at radius 1 is 0.733 bits per heavy atom. The molecule has 0 saturated carbocycles. The van der Waals surface area contributed by atoms with Crippen molar-refractivity contribution in [3.8, 4) is 11.5 Å². The molecule has 0 spiro atoms. The molecule has 0 amide bonds. The molecule has 4 bridgehead atoms. The number of rotatable bonds is 0. The highest BCUT2D eigenvalue weighted by Gasteiger charge is 2.09. The van der Waals surface area contributed by atoms with Crippen LogP contribution in [-0.2, 0) is 13.1 Å². The first-order chi connectivity index (χ1) is 14.3. The Hall–Kier alpha value is -1.74. The highest BCUT2D eigenvalue weighted by molar-refractivity contribution is 9.10. The molecular weight excluding hydrogens is 512 g/mol. The quantitative estimate of drug-likeness (QED) is 0.519. The number of benzene rings is 2. The van der Waals surface area contributed by atoms with Crippen LogP contribution in [0.2, 0.25) is 0 Å². The van der Waals surface area contributed by atoms with E-state index >= 15 is 0 Å². The number of hydrogen-bond acceptors (Lipinski definition) is 6. The lowest BCUT2D eigenvalue weighted by molar-refractivity contribution is -0.270. The molecule has 0 atom stereocenters. The van der Waals surface area contributed by atoms with Crippen molar-refractivity contribution >= 4 is 44.3 Å². The molecule has 6 nitrogen and oxygen atoms in total. The van der Waals surface area contributed by atoms with Crippen LogP contribution in [0, 0.1) is 0 Å². The van der Waals surface area contributed by atoms with E-state index in [1.54, 1.807) is 24.6 Å². The van der Waals surface area contributed by atoms with Gasteiger partial charge in [-0.2, -0.15) is 0 Å². The fraction of sp³-hybridized carbons (Fsp3) is 0.364. The number of nitrogens with zero attached hydrogens (tertiary/aromatic N) is 4. The van der Waals surface area contributed by atoms with Gasteiger partial charge in [0.2, 0.25) is 0 Å². The van der Waals surface area contributed by atoms with Gasteiger partial charge in [0.05, 0.1) is 13.1 Å². The minimum absolute atomic E-state index is 0.00241. The van der Waals surface area contributed by atoms with Crippen molar-refractivity contribution in [3.05, 3.63) is 55.5 Å². The predicted molar refractivity (Wildman–Crippen MR) is 125 cm³/mol. The molecule has 0 saturated heterocycles. The fourth-order valence-electron chi connectivity index (χ4n) is 3.30. The first kappa shape index (κ1) is 22.9. The normalized spacial score (nSPS) is 16.9. The molecule has 8 heteroatoms. The lowest BCUT2D eigenvalue weighted by Gasteiger charge is -2.26. The third-order valence-corrected chi connectivity index (χ3v) is 5.80. The van der Waals surface area contributed by atoms with E-state index in [-0.39, 0.29) is 11.5 Å². The highest BCUT2D eigenvalue weighted by Crippen LogP contribution is 2.26. The van der Waals surface area contributed by atoms with Crippen LogP contribution >= 0.6 is 31.9 Å². The summed E-state index contributed by atoms with van der Waals surface area (Å²) < 4.78 is 1.73. The van der Waals surface area contributed by atoms with Gasteiger partial charge in [0.25, 0.3) is 0 Å². The molecule has 0 fully saturated rings. The molecule has 1 aliphatic rings. The van der Waals surface area contributed by atoms with Crippen molar-refractivity contribution in [2.24, 2.45) is 9.98 Å². The number of fused-ring (bicyclic) bond motifs is 4. The van der Waals surface area contributed by atoms with Crippen LogP contribution in [0.25, 0.3) is 0 Å². The summed E-state index contributed by atoms with van der Waals surface area (Å²) in [6, 6.07) is 7.32. The van der Waals surface area contributed by atoms with Crippen molar-refractivity contribution < 1.29 is 10.2 Å². The van der Waals surface area contributed by atoms with Gasteiger partial charge in [0.15, 0.2) is 0 Å². The van der Waals surface area contributed by atoms with Crippen molar-refractivity contribution in [1.82, 2.24) is 9.80 Å². The van der Waals surface area contributed by atoms with Gasteiger partial charge in [-0.3, -0.25) is 9.98 Å². The molecule has 1 aliphatic heterocycles. The van der Waals surface area contributed by atoms with Gasteiger partial charge in [0.1, 0.15) is 0 Å². The Morgan fingerprint density at radius 2 is 1.13 bits per heavy atom. The van der Waals surface area contributed by atoms with Crippen LogP contribution in [0.3, 0.4) is 0 Å². The van der Waals surface area contributed by atoms with E-state index in [4.69, 9.17) is 0 Å². The monoisotopic (exact) mass is 534 g/mol. The van der Waals surface area contributed by atoms with Crippen LogP contribution < -0.4 is 10.2 Å². The molecule has 0 N–H and O–H groups in total. The maximum atomic E-state index is 12.8. The zero-order chi connectivity index (χ0) is 21.7. The van der Waals surface area contributed by atoms with E-state index in [1.807, 2.05) is 26.2 Å². The summed E-state index contributed by atoms with van der Waals surface area (Å²) in [6.07, 6.45) is 3.22. The van der Waals surface area contributed by atoms with Gasteiger partial charge < -0.3 is 20.0 Å². The third-order valence-electron chi connectivity index (χ3n) is 4.88. The van der Waals surface area contributed by atoms with Crippen LogP contribution in [0.5, 0.6) is 11.5 Å². The molecular formula is C22H24Br2N4O2-2. The Morgan fingerprint density at radius 3 is 1.53 bits per heavy atom. The minimum Gasteiger partial charge on any atom is -0.872 e. The summed E-state index contributed by atoms with van der Waals surface area (Å²) >= 11 is 7.00. The number of likely N-dealkylation sites (N-methyl/N-ethyl adjacent to an activating group) is 2. The Balaban J connectivity index is 1.90. The fourth-order valence-corrected chi connectivity index (χ4v) is 4.34. The molecule has 1 heterocycles. The summed E-state index contributed by atoms with van der Waals surface area (Å²) in [6.45, 7) is 3.51. The van der Waals surface area contributed by atoms with E-state index in [1.165, 1.54) is 0 Å². The summed E-state index contributed by atoms with van der Waals surface area (Å²) in [5.74, 6) is 0.00481. The Kier molecular flexibility index (Phi) is 8.05. The molecule has 0 aliphatic carbocycles. The maximum Gasteiger partial charge on any atom is 0.0585 e. The van der Waals surface area contributed by atoms with Crippen LogP contribution in [0.1, 0.15) is 22.3 Å². The van der Waals surface area contributed by atoms with Crippen molar-refractivity contribution in [2.75, 3.05) is 40.3 Å². The topological polar surface area (TPSA) is 77.3 Å². The van der Waals surface area contributed by atoms with Gasteiger partial charge in [-0.05, 0) is 60.6 Å². The summed E-state index contributed by atoms with van der Waals surface area (Å²) in [5, 5.41) is 25.6. The van der Waals surface area contributed by atoms with Crippen molar-refractivity contribution in [3.63, 3.8) is 0 Å². The van der Waals surface area contributed by atoms with Crippen molar-refractivity contribution in [2.45, 2.75) is 13.1 Å². The Bertz CT molecular complexity index is 885. The molecule has 0 unspecified atom stereocenters. The second-order valence-electron chi connectivity index (χ2n) is 7.51. The zero-order valence-electron chi connectivity index (χ0n) is 17.1. The van der Waals surface area contributed by atoms with Crippen LogP contribution in [-0.4, -0.2) is 62.5 Å². The predicted octanol–water partition coefficient (Wildman–Crippen LogP) is 2.77. The third kappa shape index (κ3) is 6.14. The summed E-state index contributed by atoms with van der Waals surface area (Å²) in [4.78, 5) is 12.9. The van der Waals surface area contributed by atoms with E-state index in [9.17, 15) is 10.2 Å². The Labute approximate surface area is 194 Å². The molecule has 30 heavy (non-hydrogen) atoms. The number of hydrogen-bond donors (Lipinski definition) is 0. The van der Waals surface area contributed by atoms with E-state index in [0.29, 0.717) is 37.3 Å². The first-order valence-electron chi connectivity index (χ1n) is 9.69. The largest absolute Gasteiger partial charge is 0.872 e. The van der Waals surface area contributed by atoms with Crippen molar-refractivity contribution in [1.29, 1.82) is 0 Å². The van der Waals surface area contributed by atoms with Crippen LogP contribution in [0.4, 0.5) is 0 Å². The maximum absolute atomic E-state index is 12.8. The van der Waals surface area contributed by atoms with E-state index < -0.39 is 0 Å². The molecule has 2 aromatic rings. The zero-order valence-corrected chi connectivity index (χ0v) is 20.2. The average Bonchev–Trinajstić information content (AvgIpc) is 2.68. The second-order valence-corrected chi connectivity index (χ2v) is 9.34. The number of aliphatic imine (C=N–C) groups is 2. The van der Waals surface area contributed by atoms with Crippen LogP contribution in [0.15, 0.2) is 43.2 Å². The molecule has 160 valence electrons. The smallest absolute Gasteiger partial charge is 0.0585 e. The van der Waals surface area contributed by atoms with Gasteiger partial charge >= 0.3 is 0 Å². The molecule has 2 aromatic carbocycles. The summed E-state index contributed by atoms with van der Waals surface area (Å²) in [5.41, 5.74) is 2.59.